The lowest BCUT2D eigenvalue weighted by Crippen LogP contribution is -1.97. The molecule has 1 heterocycles. The SMILES string of the molecule is N#Cc1ccc(-n2nc(C3CC3)c(S(=O)(=O)Cl)c2Cl)cc1. The molecule has 1 aliphatic carbocycles. The summed E-state index contributed by atoms with van der Waals surface area (Å²) in [5.74, 6) is 0.0886. The quantitative estimate of drug-likeness (QED) is 0.803. The molecule has 1 aliphatic rings. The second-order valence-electron chi connectivity index (χ2n) is 4.79. The Labute approximate surface area is 131 Å². The Morgan fingerprint density at radius 2 is 1.90 bits per heavy atom. The first-order valence-corrected chi connectivity index (χ1v) is 8.84. The molecule has 0 bridgehead atoms. The van der Waals surface area contributed by atoms with E-state index >= 15 is 0 Å². The zero-order chi connectivity index (χ0) is 15.2. The van der Waals surface area contributed by atoms with E-state index in [9.17, 15) is 8.42 Å². The standard InChI is InChI=1S/C13H9Cl2N3O2S/c14-13-12(21(15,19)20)11(9-3-4-9)17-18(13)10-5-1-8(7-16)2-6-10/h1-2,5-6,9H,3-4H2. The maximum Gasteiger partial charge on any atom is 0.266 e. The van der Waals surface area contributed by atoms with E-state index in [1.165, 1.54) is 4.68 Å². The van der Waals surface area contributed by atoms with Gasteiger partial charge in [-0.3, -0.25) is 0 Å². The highest BCUT2D eigenvalue weighted by atomic mass is 35.7. The summed E-state index contributed by atoms with van der Waals surface area (Å²) in [5, 5.41) is 13.1. The molecule has 0 unspecified atom stereocenters. The zero-order valence-electron chi connectivity index (χ0n) is 10.6. The van der Waals surface area contributed by atoms with Gasteiger partial charge in [-0.05, 0) is 37.1 Å². The van der Waals surface area contributed by atoms with E-state index in [1.807, 2.05) is 6.07 Å². The maximum atomic E-state index is 11.7. The minimum absolute atomic E-state index is 0.0309. The molecule has 2 aromatic rings. The van der Waals surface area contributed by atoms with E-state index in [0.717, 1.165) is 12.8 Å². The van der Waals surface area contributed by atoms with Crippen LogP contribution in [-0.4, -0.2) is 18.2 Å². The van der Waals surface area contributed by atoms with Crippen LogP contribution >= 0.6 is 22.3 Å². The number of benzene rings is 1. The average molecular weight is 342 g/mol. The molecule has 0 saturated heterocycles. The van der Waals surface area contributed by atoms with Gasteiger partial charge in [0, 0.05) is 16.6 Å². The fourth-order valence-corrected chi connectivity index (χ4v) is 3.95. The van der Waals surface area contributed by atoms with Crippen LogP contribution in [-0.2, 0) is 9.05 Å². The van der Waals surface area contributed by atoms with Gasteiger partial charge >= 0.3 is 0 Å². The summed E-state index contributed by atoms with van der Waals surface area (Å²) >= 11 is 6.17. The van der Waals surface area contributed by atoms with Gasteiger partial charge in [0.1, 0.15) is 4.90 Å². The number of halogens is 2. The Morgan fingerprint density at radius 1 is 1.29 bits per heavy atom. The topological polar surface area (TPSA) is 75.8 Å². The van der Waals surface area contributed by atoms with Crippen molar-refractivity contribution in [3.8, 4) is 11.8 Å². The van der Waals surface area contributed by atoms with Crippen molar-refractivity contribution in [1.82, 2.24) is 9.78 Å². The highest BCUT2D eigenvalue weighted by Crippen LogP contribution is 2.45. The van der Waals surface area contributed by atoms with E-state index in [-0.39, 0.29) is 16.0 Å². The highest BCUT2D eigenvalue weighted by Gasteiger charge is 2.36. The third-order valence-corrected chi connectivity index (χ3v) is 5.08. The molecule has 8 heteroatoms. The molecule has 0 radical (unpaired) electrons. The van der Waals surface area contributed by atoms with E-state index in [0.29, 0.717) is 16.9 Å². The molecule has 0 aliphatic heterocycles. The van der Waals surface area contributed by atoms with Gasteiger partial charge in [-0.15, -0.1) is 0 Å². The normalized spacial score (nSPS) is 14.9. The summed E-state index contributed by atoms with van der Waals surface area (Å²) in [6.07, 6.45) is 1.75. The van der Waals surface area contributed by atoms with Crippen molar-refractivity contribution in [3.05, 3.63) is 40.7 Å². The van der Waals surface area contributed by atoms with Gasteiger partial charge in [-0.2, -0.15) is 10.4 Å². The van der Waals surface area contributed by atoms with Gasteiger partial charge in [-0.1, -0.05) is 11.6 Å². The van der Waals surface area contributed by atoms with Crippen LogP contribution in [0.4, 0.5) is 0 Å². The molecule has 5 nitrogen and oxygen atoms in total. The minimum Gasteiger partial charge on any atom is -0.220 e. The van der Waals surface area contributed by atoms with Crippen molar-refractivity contribution in [3.63, 3.8) is 0 Å². The monoisotopic (exact) mass is 341 g/mol. The summed E-state index contributed by atoms with van der Waals surface area (Å²) in [5.41, 5.74) is 1.49. The number of hydrogen-bond acceptors (Lipinski definition) is 4. The first-order valence-electron chi connectivity index (χ1n) is 6.15. The van der Waals surface area contributed by atoms with Crippen molar-refractivity contribution >= 4 is 31.3 Å². The first-order chi connectivity index (χ1) is 9.91. The fourth-order valence-electron chi connectivity index (χ4n) is 2.10. The Bertz CT molecular complexity index is 847. The van der Waals surface area contributed by atoms with Crippen LogP contribution in [0.15, 0.2) is 29.2 Å². The van der Waals surface area contributed by atoms with Crippen LogP contribution in [0.1, 0.15) is 30.0 Å². The lowest BCUT2D eigenvalue weighted by Gasteiger charge is -2.02. The van der Waals surface area contributed by atoms with Gasteiger partial charge in [0.05, 0.1) is 23.0 Å². The summed E-state index contributed by atoms with van der Waals surface area (Å²) in [4.78, 5) is -0.113. The molecule has 108 valence electrons. The summed E-state index contributed by atoms with van der Waals surface area (Å²) in [7, 11) is 1.52. The average Bonchev–Trinajstić information content (AvgIpc) is 3.21. The van der Waals surface area contributed by atoms with Gasteiger partial charge < -0.3 is 0 Å². The molecule has 1 saturated carbocycles. The summed E-state index contributed by atoms with van der Waals surface area (Å²) in [6.45, 7) is 0. The Hall–Kier alpha value is -1.55. The van der Waals surface area contributed by atoms with Crippen molar-refractivity contribution in [1.29, 1.82) is 5.26 Å². The number of hydrogen-bond donors (Lipinski definition) is 0. The predicted molar refractivity (Wildman–Crippen MR) is 78.3 cm³/mol. The Kier molecular flexibility index (Phi) is 3.44. The maximum absolute atomic E-state index is 11.7. The predicted octanol–water partition coefficient (Wildman–Crippen LogP) is 3.20. The fraction of sp³-hybridized carbons (Fsp3) is 0.231. The van der Waals surface area contributed by atoms with Crippen LogP contribution in [0, 0.1) is 11.3 Å². The molecule has 21 heavy (non-hydrogen) atoms. The van der Waals surface area contributed by atoms with Crippen LogP contribution < -0.4 is 0 Å². The van der Waals surface area contributed by atoms with Crippen molar-refractivity contribution < 1.29 is 8.42 Å². The third kappa shape index (κ3) is 2.64. The summed E-state index contributed by atoms with van der Waals surface area (Å²) < 4.78 is 24.8. The molecule has 1 aromatic carbocycles. The van der Waals surface area contributed by atoms with Gasteiger partial charge in [0.15, 0.2) is 5.15 Å². The lowest BCUT2D eigenvalue weighted by atomic mass is 10.2. The molecule has 0 N–H and O–H groups in total. The second kappa shape index (κ2) is 5.02. The van der Waals surface area contributed by atoms with Gasteiger partial charge in [0.25, 0.3) is 9.05 Å². The zero-order valence-corrected chi connectivity index (χ0v) is 13.0. The molecule has 3 rings (SSSR count). The van der Waals surface area contributed by atoms with E-state index in [1.54, 1.807) is 24.3 Å². The molecule has 0 atom stereocenters. The number of aromatic nitrogens is 2. The third-order valence-electron chi connectivity index (χ3n) is 3.26. The van der Waals surface area contributed by atoms with Crippen LogP contribution in [0.3, 0.4) is 0 Å². The second-order valence-corrected chi connectivity index (χ2v) is 7.65. The minimum atomic E-state index is -3.96. The number of nitrogens with zero attached hydrogens (tertiary/aromatic N) is 3. The highest BCUT2D eigenvalue weighted by molar-refractivity contribution is 8.13. The van der Waals surface area contributed by atoms with Crippen LogP contribution in [0.5, 0.6) is 0 Å². The molecule has 0 amide bonds. The van der Waals surface area contributed by atoms with Crippen LogP contribution in [0.2, 0.25) is 5.15 Å². The van der Waals surface area contributed by atoms with E-state index < -0.39 is 9.05 Å². The molecule has 1 aromatic heterocycles. The van der Waals surface area contributed by atoms with Gasteiger partial charge in [0.2, 0.25) is 0 Å². The first kappa shape index (κ1) is 14.4. The van der Waals surface area contributed by atoms with Crippen LogP contribution in [0.25, 0.3) is 5.69 Å². The smallest absolute Gasteiger partial charge is 0.220 e. The molecule has 0 spiro atoms. The van der Waals surface area contributed by atoms with Crippen molar-refractivity contribution in [2.24, 2.45) is 0 Å². The van der Waals surface area contributed by atoms with Crippen molar-refractivity contribution in [2.45, 2.75) is 23.7 Å². The summed E-state index contributed by atoms with van der Waals surface area (Å²) in [6, 6.07) is 8.53. The molecular formula is C13H9Cl2N3O2S. The van der Waals surface area contributed by atoms with Gasteiger partial charge in [-0.25, -0.2) is 13.1 Å². The number of rotatable bonds is 3. The number of nitriles is 1. The Balaban J connectivity index is 2.17. The largest absolute Gasteiger partial charge is 0.266 e. The molecular weight excluding hydrogens is 333 g/mol. The molecule has 1 fully saturated rings. The van der Waals surface area contributed by atoms with E-state index in [2.05, 4.69) is 5.10 Å². The van der Waals surface area contributed by atoms with E-state index in [4.69, 9.17) is 27.5 Å². The van der Waals surface area contributed by atoms with Crippen molar-refractivity contribution in [2.75, 3.05) is 0 Å². The lowest BCUT2D eigenvalue weighted by molar-refractivity contribution is 0.608. The Morgan fingerprint density at radius 3 is 2.38 bits per heavy atom.